The van der Waals surface area contributed by atoms with E-state index < -0.39 is 10.0 Å². The highest BCUT2D eigenvalue weighted by atomic mass is 79.9. The first-order valence-corrected chi connectivity index (χ1v) is 11.5. The lowest BCUT2D eigenvalue weighted by Crippen LogP contribution is -2.40. The first-order valence-electron chi connectivity index (χ1n) is 8.82. The number of aromatic nitrogens is 2. The maximum absolute atomic E-state index is 12.4. The topological polar surface area (TPSA) is 84.3 Å². The number of imidazole rings is 1. The van der Waals surface area contributed by atoms with Crippen LogP contribution in [0.15, 0.2) is 65.7 Å². The highest BCUT2D eigenvalue weighted by Gasteiger charge is 2.21. The van der Waals surface area contributed by atoms with E-state index in [1.165, 1.54) is 0 Å². The van der Waals surface area contributed by atoms with Gasteiger partial charge in [-0.15, -0.1) is 0 Å². The van der Waals surface area contributed by atoms with Crippen LogP contribution in [0.2, 0.25) is 0 Å². The smallest absolute Gasteiger partial charge is 0.241 e. The van der Waals surface area contributed by atoms with Crippen molar-refractivity contribution in [2.75, 3.05) is 17.1 Å². The summed E-state index contributed by atoms with van der Waals surface area (Å²) >= 11 is 3.40. The quantitative estimate of drug-likeness (QED) is 0.567. The SMILES string of the molecule is Cc1cc(N(CC(=O)NCc2ccc(-n3ccnc3)cc2)S(C)(=O)=O)ccc1Br. The summed E-state index contributed by atoms with van der Waals surface area (Å²) in [4.78, 5) is 16.4. The van der Waals surface area contributed by atoms with Crippen LogP contribution < -0.4 is 9.62 Å². The molecule has 152 valence electrons. The van der Waals surface area contributed by atoms with E-state index in [0.717, 1.165) is 31.8 Å². The standard InChI is InChI=1S/C20H21BrN4O3S/c1-15-11-18(7-8-19(15)21)25(29(2,27)28)13-20(26)23-12-16-3-5-17(6-4-16)24-10-9-22-14-24/h3-11,14H,12-13H2,1-2H3,(H,23,26). The number of carbonyl (C=O) groups is 1. The highest BCUT2D eigenvalue weighted by molar-refractivity contribution is 9.10. The Morgan fingerprint density at radius 2 is 1.93 bits per heavy atom. The molecule has 1 aromatic heterocycles. The van der Waals surface area contributed by atoms with Crippen molar-refractivity contribution < 1.29 is 13.2 Å². The molecule has 0 aliphatic rings. The third kappa shape index (κ3) is 5.45. The van der Waals surface area contributed by atoms with Crippen molar-refractivity contribution in [3.8, 4) is 5.69 Å². The molecule has 29 heavy (non-hydrogen) atoms. The summed E-state index contributed by atoms with van der Waals surface area (Å²) in [7, 11) is -3.61. The molecular weight excluding hydrogens is 456 g/mol. The van der Waals surface area contributed by atoms with E-state index in [1.54, 1.807) is 30.7 Å². The molecule has 1 amide bonds. The van der Waals surface area contributed by atoms with Crippen LogP contribution in [0.3, 0.4) is 0 Å². The number of aryl methyl sites for hydroxylation is 1. The van der Waals surface area contributed by atoms with Gasteiger partial charge in [-0.05, 0) is 48.4 Å². The highest BCUT2D eigenvalue weighted by Crippen LogP contribution is 2.24. The fourth-order valence-electron chi connectivity index (χ4n) is 2.77. The van der Waals surface area contributed by atoms with Gasteiger partial charge in [0, 0.05) is 29.1 Å². The van der Waals surface area contributed by atoms with Gasteiger partial charge in [0.05, 0.1) is 18.3 Å². The molecule has 0 radical (unpaired) electrons. The van der Waals surface area contributed by atoms with Gasteiger partial charge in [0.15, 0.2) is 0 Å². The molecule has 0 saturated carbocycles. The van der Waals surface area contributed by atoms with Gasteiger partial charge in [0.1, 0.15) is 6.54 Å². The number of nitrogens with zero attached hydrogens (tertiary/aromatic N) is 3. The van der Waals surface area contributed by atoms with E-state index in [-0.39, 0.29) is 12.5 Å². The van der Waals surface area contributed by atoms with Gasteiger partial charge in [-0.1, -0.05) is 28.1 Å². The second kappa shape index (κ2) is 8.79. The van der Waals surface area contributed by atoms with Gasteiger partial charge in [0.25, 0.3) is 0 Å². The fraction of sp³-hybridized carbons (Fsp3) is 0.200. The van der Waals surface area contributed by atoms with Crippen molar-refractivity contribution in [3.63, 3.8) is 0 Å². The Morgan fingerprint density at radius 3 is 2.52 bits per heavy atom. The first-order chi connectivity index (χ1) is 13.7. The molecule has 3 rings (SSSR count). The normalized spacial score (nSPS) is 11.3. The monoisotopic (exact) mass is 476 g/mol. The maximum Gasteiger partial charge on any atom is 0.241 e. The lowest BCUT2D eigenvalue weighted by atomic mass is 10.2. The molecule has 7 nitrogen and oxygen atoms in total. The van der Waals surface area contributed by atoms with E-state index in [1.807, 2.05) is 42.0 Å². The average molecular weight is 477 g/mol. The van der Waals surface area contributed by atoms with E-state index in [4.69, 9.17) is 0 Å². The molecule has 2 aromatic carbocycles. The summed E-state index contributed by atoms with van der Waals surface area (Å²) in [6, 6.07) is 12.8. The summed E-state index contributed by atoms with van der Waals surface area (Å²) in [5, 5.41) is 2.78. The molecule has 0 aliphatic carbocycles. The number of halogens is 1. The fourth-order valence-corrected chi connectivity index (χ4v) is 3.86. The summed E-state index contributed by atoms with van der Waals surface area (Å²) in [5.74, 6) is -0.380. The zero-order valence-electron chi connectivity index (χ0n) is 16.0. The number of rotatable bonds is 7. The summed E-state index contributed by atoms with van der Waals surface area (Å²) < 4.78 is 28.3. The van der Waals surface area contributed by atoms with Crippen LogP contribution in [0.4, 0.5) is 5.69 Å². The van der Waals surface area contributed by atoms with Crippen LogP contribution in [-0.4, -0.2) is 36.7 Å². The Balaban J connectivity index is 1.65. The molecule has 9 heteroatoms. The Labute approximate surface area is 178 Å². The minimum absolute atomic E-state index is 0.285. The molecule has 1 heterocycles. The number of hydrogen-bond donors (Lipinski definition) is 1. The Hall–Kier alpha value is -2.65. The molecule has 0 saturated heterocycles. The molecule has 0 spiro atoms. The average Bonchev–Trinajstić information content (AvgIpc) is 3.21. The summed E-state index contributed by atoms with van der Waals surface area (Å²) in [6.07, 6.45) is 6.35. The van der Waals surface area contributed by atoms with Crippen molar-refractivity contribution in [2.24, 2.45) is 0 Å². The predicted octanol–water partition coefficient (Wildman–Crippen LogP) is 3.03. The number of amides is 1. The van der Waals surface area contributed by atoms with E-state index >= 15 is 0 Å². The molecule has 1 N–H and O–H groups in total. The van der Waals surface area contributed by atoms with Crippen LogP contribution in [0.5, 0.6) is 0 Å². The maximum atomic E-state index is 12.4. The van der Waals surface area contributed by atoms with Crippen molar-refractivity contribution >= 4 is 37.5 Å². The zero-order valence-corrected chi connectivity index (χ0v) is 18.4. The number of anilines is 1. The second-order valence-corrected chi connectivity index (χ2v) is 9.38. The molecule has 0 unspecified atom stereocenters. The van der Waals surface area contributed by atoms with Gasteiger partial charge in [-0.25, -0.2) is 13.4 Å². The van der Waals surface area contributed by atoms with Crippen molar-refractivity contribution in [3.05, 3.63) is 76.8 Å². The van der Waals surface area contributed by atoms with Crippen molar-refractivity contribution in [1.82, 2.24) is 14.9 Å². The third-order valence-electron chi connectivity index (χ3n) is 4.35. The van der Waals surface area contributed by atoms with Gasteiger partial charge in [0.2, 0.25) is 15.9 Å². The van der Waals surface area contributed by atoms with Gasteiger partial charge >= 0.3 is 0 Å². The minimum atomic E-state index is -3.61. The third-order valence-corrected chi connectivity index (χ3v) is 6.38. The molecule has 0 fully saturated rings. The second-order valence-electron chi connectivity index (χ2n) is 6.62. The summed E-state index contributed by atoms with van der Waals surface area (Å²) in [6.45, 7) is 1.88. The molecule has 0 atom stereocenters. The lowest BCUT2D eigenvalue weighted by molar-refractivity contribution is -0.119. The summed E-state index contributed by atoms with van der Waals surface area (Å²) in [5.41, 5.74) is 3.21. The van der Waals surface area contributed by atoms with Gasteiger partial charge in [-0.2, -0.15) is 0 Å². The first kappa shape index (κ1) is 21.1. The number of carbonyl (C=O) groups excluding carboxylic acids is 1. The largest absolute Gasteiger partial charge is 0.350 e. The number of nitrogens with one attached hydrogen (secondary N) is 1. The van der Waals surface area contributed by atoms with Crippen LogP contribution in [0.1, 0.15) is 11.1 Å². The molecule has 3 aromatic rings. The number of benzene rings is 2. The van der Waals surface area contributed by atoms with Crippen LogP contribution in [0.25, 0.3) is 5.69 Å². The molecule has 0 bridgehead atoms. The molecule has 0 aliphatic heterocycles. The zero-order chi connectivity index (χ0) is 21.0. The molecular formula is C20H21BrN4O3S. The predicted molar refractivity (Wildman–Crippen MR) is 116 cm³/mol. The van der Waals surface area contributed by atoms with Gasteiger partial charge < -0.3 is 9.88 Å². The van der Waals surface area contributed by atoms with Crippen LogP contribution in [-0.2, 0) is 21.4 Å². The Morgan fingerprint density at radius 1 is 1.21 bits per heavy atom. The Bertz CT molecular complexity index is 1100. The van der Waals surface area contributed by atoms with Crippen molar-refractivity contribution in [1.29, 1.82) is 0 Å². The van der Waals surface area contributed by atoms with Gasteiger partial charge in [-0.3, -0.25) is 9.10 Å². The van der Waals surface area contributed by atoms with Crippen molar-refractivity contribution in [2.45, 2.75) is 13.5 Å². The minimum Gasteiger partial charge on any atom is -0.350 e. The van der Waals surface area contributed by atoms with Crippen LogP contribution in [0, 0.1) is 6.92 Å². The van der Waals surface area contributed by atoms with E-state index in [2.05, 4.69) is 26.2 Å². The lowest BCUT2D eigenvalue weighted by Gasteiger charge is -2.22. The number of sulfonamides is 1. The van der Waals surface area contributed by atoms with Crippen LogP contribution >= 0.6 is 15.9 Å². The van der Waals surface area contributed by atoms with E-state index in [9.17, 15) is 13.2 Å². The number of hydrogen-bond acceptors (Lipinski definition) is 4. The van der Waals surface area contributed by atoms with E-state index in [0.29, 0.717) is 12.2 Å². The Kier molecular flexibility index (Phi) is 6.39.